The van der Waals surface area contributed by atoms with E-state index in [1.165, 1.54) is 25.3 Å². The van der Waals surface area contributed by atoms with Crippen molar-refractivity contribution in [1.29, 1.82) is 0 Å². The molecule has 6 heteroatoms. The Morgan fingerprint density at radius 2 is 1.65 bits per heavy atom. The van der Waals surface area contributed by atoms with E-state index in [0.717, 1.165) is 61.7 Å². The Kier molecular flexibility index (Phi) is 7.57. The highest BCUT2D eigenvalue weighted by atomic mass is 19.4. The number of alkyl halides is 3. The van der Waals surface area contributed by atoms with Crippen molar-refractivity contribution in [2.24, 2.45) is 0 Å². The van der Waals surface area contributed by atoms with Crippen LogP contribution in [0.3, 0.4) is 0 Å². The van der Waals surface area contributed by atoms with Crippen molar-refractivity contribution in [3.63, 3.8) is 0 Å². The molecular weight excluding hydrogens is 437 g/mol. The van der Waals surface area contributed by atoms with Crippen LogP contribution in [0.4, 0.5) is 13.2 Å². The Labute approximate surface area is 199 Å². The first-order valence-corrected chi connectivity index (χ1v) is 12.0. The van der Waals surface area contributed by atoms with Crippen LogP contribution in [0, 0.1) is 6.92 Å². The van der Waals surface area contributed by atoms with Gasteiger partial charge in [-0.25, -0.2) is 0 Å². The lowest BCUT2D eigenvalue weighted by Gasteiger charge is -2.26. The van der Waals surface area contributed by atoms with Crippen molar-refractivity contribution >= 4 is 5.78 Å². The maximum Gasteiger partial charge on any atom is 0.416 e. The summed E-state index contributed by atoms with van der Waals surface area (Å²) in [4.78, 5) is 15.7. The van der Waals surface area contributed by atoms with Crippen molar-refractivity contribution in [2.75, 3.05) is 19.6 Å². The molecule has 1 aliphatic heterocycles. The third-order valence-electron chi connectivity index (χ3n) is 6.66. The van der Waals surface area contributed by atoms with E-state index in [1.807, 2.05) is 43.3 Å². The Morgan fingerprint density at radius 1 is 0.912 bits per heavy atom. The molecule has 0 N–H and O–H groups in total. The number of Topliss-reactive ketones (excluding diaryl/α,β-unsaturated/α-hetero) is 1. The minimum atomic E-state index is -4.42. The summed E-state index contributed by atoms with van der Waals surface area (Å²) in [6.45, 7) is 6.06. The molecule has 4 rings (SSSR count). The van der Waals surface area contributed by atoms with Crippen molar-refractivity contribution < 1.29 is 18.0 Å². The second-order valence-corrected chi connectivity index (χ2v) is 9.10. The molecule has 0 bridgehead atoms. The van der Waals surface area contributed by atoms with E-state index in [0.29, 0.717) is 11.1 Å². The zero-order valence-electron chi connectivity index (χ0n) is 19.6. The van der Waals surface area contributed by atoms with E-state index in [2.05, 4.69) is 9.47 Å². The van der Waals surface area contributed by atoms with Gasteiger partial charge in [-0.05, 0) is 69.1 Å². The summed E-state index contributed by atoms with van der Waals surface area (Å²) in [5, 5.41) is 0. The lowest BCUT2D eigenvalue weighted by molar-refractivity contribution is -0.137. The summed E-state index contributed by atoms with van der Waals surface area (Å²) in [6, 6.07) is 16.9. The number of carbonyl (C=O) groups is 1. The molecule has 0 aliphatic carbocycles. The molecule has 180 valence electrons. The lowest BCUT2D eigenvalue weighted by atomic mass is 10.0. The average Bonchev–Trinajstić information content (AvgIpc) is 3.16. The fourth-order valence-electron chi connectivity index (χ4n) is 4.84. The molecule has 0 unspecified atom stereocenters. The van der Waals surface area contributed by atoms with Crippen LogP contribution in [0.5, 0.6) is 0 Å². The minimum Gasteiger partial charge on any atom is -0.344 e. The summed E-state index contributed by atoms with van der Waals surface area (Å²) in [5.41, 5.74) is 3.10. The zero-order chi connectivity index (χ0) is 24.1. The Morgan fingerprint density at radius 3 is 2.35 bits per heavy atom. The third kappa shape index (κ3) is 5.79. The molecule has 1 fully saturated rings. The van der Waals surface area contributed by atoms with Gasteiger partial charge in [-0.15, -0.1) is 0 Å². The number of rotatable bonds is 8. The van der Waals surface area contributed by atoms with Gasteiger partial charge in [-0.2, -0.15) is 13.2 Å². The highest BCUT2D eigenvalue weighted by molar-refractivity contribution is 6.00. The maximum absolute atomic E-state index is 13.2. The summed E-state index contributed by atoms with van der Waals surface area (Å²) in [7, 11) is 0. The quantitative estimate of drug-likeness (QED) is 0.340. The zero-order valence-corrected chi connectivity index (χ0v) is 19.6. The number of benzene rings is 2. The van der Waals surface area contributed by atoms with Crippen molar-refractivity contribution in [3.05, 3.63) is 83.0 Å². The normalized spacial score (nSPS) is 14.9. The Hall–Kier alpha value is -2.86. The molecule has 1 aliphatic rings. The number of nitrogens with zero attached hydrogens (tertiary/aromatic N) is 2. The predicted octanol–water partition coefficient (Wildman–Crippen LogP) is 6.78. The van der Waals surface area contributed by atoms with Crippen molar-refractivity contribution in [2.45, 2.75) is 51.7 Å². The number of hydrogen-bond acceptors (Lipinski definition) is 2. The molecular formula is C28H31F3N2O. The monoisotopic (exact) mass is 468 g/mol. The smallest absolute Gasteiger partial charge is 0.344 e. The fraction of sp³-hybridized carbons (Fsp3) is 0.393. The van der Waals surface area contributed by atoms with Gasteiger partial charge in [-0.3, -0.25) is 4.79 Å². The largest absolute Gasteiger partial charge is 0.416 e. The summed E-state index contributed by atoms with van der Waals surface area (Å²) in [5.74, 6) is -0.163. The molecule has 3 nitrogen and oxygen atoms in total. The first-order valence-electron chi connectivity index (χ1n) is 12.0. The van der Waals surface area contributed by atoms with E-state index >= 15 is 0 Å². The number of carbonyl (C=O) groups excluding carboxylic acids is 1. The molecule has 1 aromatic heterocycles. The molecule has 2 heterocycles. The fourth-order valence-corrected chi connectivity index (χ4v) is 4.84. The number of likely N-dealkylation sites (tertiary alicyclic amines) is 1. The van der Waals surface area contributed by atoms with Crippen LogP contribution in [0.15, 0.2) is 60.7 Å². The van der Waals surface area contributed by atoms with Crippen LogP contribution in [-0.4, -0.2) is 34.9 Å². The highest BCUT2D eigenvalue weighted by Gasteiger charge is 2.30. The van der Waals surface area contributed by atoms with Crippen LogP contribution < -0.4 is 0 Å². The molecule has 1 saturated heterocycles. The third-order valence-corrected chi connectivity index (χ3v) is 6.66. The molecule has 3 aromatic rings. The van der Waals surface area contributed by atoms with Gasteiger partial charge in [0.1, 0.15) is 0 Å². The van der Waals surface area contributed by atoms with Crippen molar-refractivity contribution in [1.82, 2.24) is 9.47 Å². The predicted molar refractivity (Wildman–Crippen MR) is 129 cm³/mol. The van der Waals surface area contributed by atoms with Crippen LogP contribution in [0.25, 0.3) is 11.3 Å². The van der Waals surface area contributed by atoms with Gasteiger partial charge in [0.2, 0.25) is 0 Å². The molecule has 0 saturated carbocycles. The van der Waals surface area contributed by atoms with Gasteiger partial charge in [0.05, 0.1) is 5.56 Å². The van der Waals surface area contributed by atoms with E-state index < -0.39 is 11.7 Å². The van der Waals surface area contributed by atoms with Crippen LogP contribution in [0.1, 0.15) is 52.9 Å². The molecule has 0 atom stereocenters. The van der Waals surface area contributed by atoms with Gasteiger partial charge >= 0.3 is 6.18 Å². The second-order valence-electron chi connectivity index (χ2n) is 9.10. The number of ketones is 1. The van der Waals surface area contributed by atoms with Gasteiger partial charge in [-0.1, -0.05) is 55.0 Å². The topological polar surface area (TPSA) is 25.2 Å². The number of piperidine rings is 1. The first kappa shape index (κ1) is 24.3. The summed E-state index contributed by atoms with van der Waals surface area (Å²) >= 11 is 0. The second kappa shape index (κ2) is 10.6. The van der Waals surface area contributed by atoms with Crippen molar-refractivity contribution in [3.8, 4) is 11.3 Å². The molecule has 0 radical (unpaired) electrons. The van der Waals surface area contributed by atoms with E-state index in [-0.39, 0.29) is 12.2 Å². The van der Waals surface area contributed by atoms with Crippen LogP contribution >= 0.6 is 0 Å². The van der Waals surface area contributed by atoms with E-state index in [1.54, 1.807) is 6.07 Å². The molecule has 0 amide bonds. The first-order chi connectivity index (χ1) is 16.3. The van der Waals surface area contributed by atoms with Crippen LogP contribution in [-0.2, 0) is 19.1 Å². The maximum atomic E-state index is 13.2. The average molecular weight is 469 g/mol. The molecule has 2 aromatic carbocycles. The minimum absolute atomic E-state index is 0.0587. The summed E-state index contributed by atoms with van der Waals surface area (Å²) in [6.07, 6.45) is 0.321. The Balaban J connectivity index is 1.56. The van der Waals surface area contributed by atoms with E-state index in [4.69, 9.17) is 0 Å². The Bertz CT molecular complexity index is 1110. The lowest BCUT2D eigenvalue weighted by Crippen LogP contribution is -2.31. The summed E-state index contributed by atoms with van der Waals surface area (Å²) < 4.78 is 41.5. The molecule has 0 spiro atoms. The van der Waals surface area contributed by atoms with Gasteiger partial charge in [0, 0.05) is 29.9 Å². The van der Waals surface area contributed by atoms with Crippen LogP contribution in [0.2, 0.25) is 0 Å². The van der Waals surface area contributed by atoms with Gasteiger partial charge in [0.25, 0.3) is 0 Å². The van der Waals surface area contributed by atoms with Gasteiger partial charge < -0.3 is 9.47 Å². The van der Waals surface area contributed by atoms with E-state index in [9.17, 15) is 18.0 Å². The highest BCUT2D eigenvalue weighted by Crippen LogP contribution is 2.31. The van der Waals surface area contributed by atoms with Gasteiger partial charge in [0.15, 0.2) is 5.78 Å². The number of halogens is 3. The number of aromatic nitrogens is 1. The molecule has 34 heavy (non-hydrogen) atoms. The SMILES string of the molecule is Cc1c(C(=O)Cc2cccc(C(F)(F)F)c2)cc(-c2ccccc2)n1CCCN1CCCCC1. The standard InChI is InChI=1S/C28H31F3N2O/c1-21-25(27(34)19-22-10-8-13-24(18-22)28(29,30)31)20-26(23-11-4-2-5-12-23)33(21)17-9-16-32-14-6-3-7-15-32/h2,4-5,8,10-13,18,20H,3,6-7,9,14-17,19H2,1H3. The number of hydrogen-bond donors (Lipinski definition) is 0.